The fourth-order valence-electron chi connectivity index (χ4n) is 9.12. The molecule has 0 aliphatic heterocycles. The lowest BCUT2D eigenvalue weighted by Gasteiger charge is -2.30. The van der Waals surface area contributed by atoms with Crippen molar-refractivity contribution in [2.45, 2.75) is 19.3 Å². The Morgan fingerprint density at radius 1 is 0.386 bits per heavy atom. The maximum absolute atomic E-state index is 6.90. The van der Waals surface area contributed by atoms with Gasteiger partial charge in [-0.2, -0.15) is 0 Å². The van der Waals surface area contributed by atoms with Crippen LogP contribution in [0.1, 0.15) is 25.0 Å². The molecule has 0 unspecified atom stereocenters. The minimum absolute atomic E-state index is 0.148. The maximum Gasteiger partial charge on any atom is 0.143 e. The van der Waals surface area contributed by atoms with E-state index >= 15 is 0 Å². The lowest BCUT2D eigenvalue weighted by molar-refractivity contribution is 0.660. The zero-order valence-corrected chi connectivity index (χ0v) is 31.9. The third-order valence-electron chi connectivity index (χ3n) is 12.1. The van der Waals surface area contributed by atoms with Crippen LogP contribution < -0.4 is 4.90 Å². The third-order valence-corrected chi connectivity index (χ3v) is 12.1. The topological polar surface area (TPSA) is 16.4 Å². The lowest BCUT2D eigenvalue weighted by Crippen LogP contribution is -2.17. The Morgan fingerprint density at radius 2 is 0.965 bits per heavy atom. The summed E-state index contributed by atoms with van der Waals surface area (Å²) >= 11 is 0. The largest absolute Gasteiger partial charge is 0.455 e. The molecule has 0 bridgehead atoms. The molecule has 2 nitrogen and oxygen atoms in total. The summed E-state index contributed by atoms with van der Waals surface area (Å²) in [5, 5.41) is 4.51. The second kappa shape index (κ2) is 13.0. The molecule has 1 aromatic heterocycles. The number of hydrogen-bond donors (Lipinski definition) is 0. The molecule has 0 amide bonds. The SMILES string of the molecule is CC1(C)c2ccccc2-c2ccc(N(c3ccc(-c4ccccc4)cc3)c3cc4oc5c6ccccc6ccc5c4cc3-c3ccc(-c4ccccc4)cc3)cc21. The Balaban J connectivity index is 1.17. The summed E-state index contributed by atoms with van der Waals surface area (Å²) in [6.45, 7) is 4.70. The minimum Gasteiger partial charge on any atom is -0.455 e. The molecule has 9 aromatic carbocycles. The Hall–Kier alpha value is -7.16. The van der Waals surface area contributed by atoms with Gasteiger partial charge in [0.05, 0.1) is 5.69 Å². The van der Waals surface area contributed by atoms with Gasteiger partial charge in [-0.3, -0.25) is 0 Å². The first-order valence-electron chi connectivity index (χ1n) is 19.8. The van der Waals surface area contributed by atoms with Crippen molar-refractivity contribution in [2.24, 2.45) is 0 Å². The van der Waals surface area contributed by atoms with Crippen LogP contribution in [0.3, 0.4) is 0 Å². The fraction of sp³-hybridized carbons (Fsp3) is 0.0545. The van der Waals surface area contributed by atoms with Crippen LogP contribution >= 0.6 is 0 Å². The van der Waals surface area contributed by atoms with Gasteiger partial charge in [-0.25, -0.2) is 0 Å². The van der Waals surface area contributed by atoms with Gasteiger partial charge in [-0.1, -0.05) is 172 Å². The number of rotatable bonds is 6. The molecular formula is C55H39NO. The summed E-state index contributed by atoms with van der Waals surface area (Å²) in [6.07, 6.45) is 0. The highest BCUT2D eigenvalue weighted by atomic mass is 16.3. The van der Waals surface area contributed by atoms with Crippen LogP contribution in [0, 0.1) is 0 Å². The normalized spacial score (nSPS) is 12.9. The molecule has 11 rings (SSSR count). The zero-order valence-electron chi connectivity index (χ0n) is 31.9. The monoisotopic (exact) mass is 729 g/mol. The standard InChI is InChI=1S/C55H39NO/c1-55(2)50-20-12-11-19-45(50)46-32-30-43(33-51(46)55)56(42-28-25-39(26-29-42)37-15-7-4-8-16-37)52-35-53-49(47-31-27-40-17-9-10-18-44(40)54(47)57-53)34-48(52)41-23-21-38(22-24-41)36-13-5-3-6-14-36/h3-35H,1-2H3. The molecule has 0 fully saturated rings. The van der Waals surface area contributed by atoms with Crippen LogP contribution in [-0.2, 0) is 5.41 Å². The van der Waals surface area contributed by atoms with Crippen molar-refractivity contribution in [3.63, 3.8) is 0 Å². The molecule has 0 atom stereocenters. The molecule has 10 aromatic rings. The lowest BCUT2D eigenvalue weighted by atomic mass is 9.82. The first-order valence-corrected chi connectivity index (χ1v) is 19.8. The second-order valence-electron chi connectivity index (χ2n) is 15.7. The van der Waals surface area contributed by atoms with E-state index < -0.39 is 0 Å². The molecule has 0 N–H and O–H groups in total. The molecular weight excluding hydrogens is 691 g/mol. The molecule has 0 spiro atoms. The van der Waals surface area contributed by atoms with Crippen molar-refractivity contribution < 1.29 is 4.42 Å². The Labute approximate surface area is 332 Å². The van der Waals surface area contributed by atoms with Gasteiger partial charge in [0.25, 0.3) is 0 Å². The highest BCUT2D eigenvalue weighted by Gasteiger charge is 2.36. The van der Waals surface area contributed by atoms with Gasteiger partial charge in [0.15, 0.2) is 0 Å². The maximum atomic E-state index is 6.90. The average molecular weight is 730 g/mol. The molecule has 0 saturated carbocycles. The molecule has 0 radical (unpaired) electrons. The summed E-state index contributed by atoms with van der Waals surface area (Å²) < 4.78 is 6.90. The number of anilines is 3. The molecule has 1 heterocycles. The second-order valence-corrected chi connectivity index (χ2v) is 15.7. The van der Waals surface area contributed by atoms with Crippen LogP contribution in [0.5, 0.6) is 0 Å². The van der Waals surface area contributed by atoms with E-state index in [0.717, 1.165) is 55.5 Å². The third kappa shape index (κ3) is 5.40. The smallest absolute Gasteiger partial charge is 0.143 e. The average Bonchev–Trinajstić information content (AvgIpc) is 3.75. The van der Waals surface area contributed by atoms with Crippen molar-refractivity contribution in [1.29, 1.82) is 0 Å². The van der Waals surface area contributed by atoms with E-state index in [1.54, 1.807) is 0 Å². The van der Waals surface area contributed by atoms with Crippen molar-refractivity contribution in [2.75, 3.05) is 4.90 Å². The van der Waals surface area contributed by atoms with E-state index in [1.807, 2.05) is 0 Å². The highest BCUT2D eigenvalue weighted by Crippen LogP contribution is 2.52. The first-order chi connectivity index (χ1) is 28.0. The van der Waals surface area contributed by atoms with E-state index in [1.165, 1.54) is 49.9 Å². The molecule has 1 aliphatic rings. The number of benzene rings is 9. The molecule has 1 aliphatic carbocycles. The van der Waals surface area contributed by atoms with Crippen LogP contribution in [0.2, 0.25) is 0 Å². The molecule has 0 saturated heterocycles. The predicted molar refractivity (Wildman–Crippen MR) is 240 cm³/mol. The number of furan rings is 1. The van der Waals surface area contributed by atoms with Gasteiger partial charge in [-0.15, -0.1) is 0 Å². The highest BCUT2D eigenvalue weighted by molar-refractivity contribution is 6.17. The minimum atomic E-state index is -0.148. The summed E-state index contributed by atoms with van der Waals surface area (Å²) in [5.74, 6) is 0. The van der Waals surface area contributed by atoms with Crippen LogP contribution in [0.25, 0.3) is 77.2 Å². The number of nitrogens with zero attached hydrogens (tertiary/aromatic N) is 1. The zero-order chi connectivity index (χ0) is 38.1. The summed E-state index contributed by atoms with van der Waals surface area (Å²) in [7, 11) is 0. The molecule has 57 heavy (non-hydrogen) atoms. The van der Waals surface area contributed by atoms with E-state index in [-0.39, 0.29) is 5.41 Å². The number of fused-ring (bicyclic) bond motifs is 8. The van der Waals surface area contributed by atoms with Gasteiger partial charge in [0, 0.05) is 44.6 Å². The molecule has 270 valence electrons. The van der Waals surface area contributed by atoms with Gasteiger partial charge in [0.2, 0.25) is 0 Å². The molecule has 2 heteroatoms. The van der Waals surface area contributed by atoms with Crippen LogP contribution in [-0.4, -0.2) is 0 Å². The van der Waals surface area contributed by atoms with Crippen LogP contribution in [0.15, 0.2) is 205 Å². The van der Waals surface area contributed by atoms with E-state index in [9.17, 15) is 0 Å². The van der Waals surface area contributed by atoms with Crippen molar-refractivity contribution >= 4 is 49.8 Å². The van der Waals surface area contributed by atoms with Crippen molar-refractivity contribution in [1.82, 2.24) is 0 Å². The van der Waals surface area contributed by atoms with E-state index in [4.69, 9.17) is 4.42 Å². The summed E-state index contributed by atoms with van der Waals surface area (Å²) in [4.78, 5) is 2.43. The fourth-order valence-corrected chi connectivity index (χ4v) is 9.12. The Bertz CT molecular complexity index is 3120. The van der Waals surface area contributed by atoms with E-state index in [2.05, 4.69) is 219 Å². The first kappa shape index (κ1) is 33.2. The van der Waals surface area contributed by atoms with Gasteiger partial charge in [-0.05, 0) is 91.9 Å². The van der Waals surface area contributed by atoms with E-state index in [0.29, 0.717) is 0 Å². The Morgan fingerprint density at radius 3 is 1.70 bits per heavy atom. The van der Waals surface area contributed by atoms with Crippen molar-refractivity contribution in [3.05, 3.63) is 211 Å². The quantitative estimate of drug-likeness (QED) is 0.169. The predicted octanol–water partition coefficient (Wildman–Crippen LogP) is 15.5. The van der Waals surface area contributed by atoms with Gasteiger partial charge in [0.1, 0.15) is 11.2 Å². The van der Waals surface area contributed by atoms with Crippen LogP contribution in [0.4, 0.5) is 17.1 Å². The van der Waals surface area contributed by atoms with Crippen molar-refractivity contribution in [3.8, 4) is 44.5 Å². The summed E-state index contributed by atoms with van der Waals surface area (Å²) in [6, 6.07) is 72.7. The van der Waals surface area contributed by atoms with Gasteiger partial charge >= 0.3 is 0 Å². The van der Waals surface area contributed by atoms with Gasteiger partial charge < -0.3 is 9.32 Å². The Kier molecular flexibility index (Phi) is 7.55. The number of hydrogen-bond acceptors (Lipinski definition) is 2. The summed E-state index contributed by atoms with van der Waals surface area (Å²) in [5.41, 5.74) is 17.2.